The van der Waals surface area contributed by atoms with Gasteiger partial charge in [-0.1, -0.05) is 13.8 Å². The maximum Gasteiger partial charge on any atom is 0.175 e. The van der Waals surface area contributed by atoms with Gasteiger partial charge in [0.2, 0.25) is 0 Å². The van der Waals surface area contributed by atoms with Crippen molar-refractivity contribution in [3.8, 4) is 11.6 Å². The smallest absolute Gasteiger partial charge is 0.175 e. The summed E-state index contributed by atoms with van der Waals surface area (Å²) in [5.74, 6) is 2.61. The lowest BCUT2D eigenvalue weighted by Crippen LogP contribution is -2.21. The average molecular weight is 219 g/mol. The van der Waals surface area contributed by atoms with Crippen LogP contribution in [-0.4, -0.2) is 15.6 Å². The molecule has 0 atom stereocenters. The summed E-state index contributed by atoms with van der Waals surface area (Å²) in [7, 11) is 1.96. The fourth-order valence-electron chi connectivity index (χ4n) is 1.50. The van der Waals surface area contributed by atoms with E-state index in [2.05, 4.69) is 24.1 Å². The lowest BCUT2D eigenvalue weighted by molar-refractivity contribution is 0.470. The Kier molecular flexibility index (Phi) is 3.10. The second kappa shape index (κ2) is 4.53. The SMILES string of the molecule is CC(C)NCc1ccc(-c2nccn2C)o1. The number of hydrogen-bond acceptors (Lipinski definition) is 3. The van der Waals surface area contributed by atoms with Crippen LogP contribution in [0.3, 0.4) is 0 Å². The van der Waals surface area contributed by atoms with Crippen molar-refractivity contribution in [3.63, 3.8) is 0 Å². The van der Waals surface area contributed by atoms with E-state index >= 15 is 0 Å². The van der Waals surface area contributed by atoms with Crippen molar-refractivity contribution in [1.29, 1.82) is 0 Å². The highest BCUT2D eigenvalue weighted by atomic mass is 16.3. The highest BCUT2D eigenvalue weighted by molar-refractivity contribution is 5.47. The van der Waals surface area contributed by atoms with Crippen LogP contribution in [0, 0.1) is 0 Å². The van der Waals surface area contributed by atoms with Gasteiger partial charge < -0.3 is 14.3 Å². The first-order valence-electron chi connectivity index (χ1n) is 5.46. The highest BCUT2D eigenvalue weighted by Crippen LogP contribution is 2.19. The molecule has 1 N–H and O–H groups in total. The van der Waals surface area contributed by atoms with E-state index < -0.39 is 0 Å². The van der Waals surface area contributed by atoms with Crippen molar-refractivity contribution in [2.45, 2.75) is 26.4 Å². The number of nitrogens with one attached hydrogen (secondary N) is 1. The number of aryl methyl sites for hydroxylation is 1. The van der Waals surface area contributed by atoms with Crippen LogP contribution in [-0.2, 0) is 13.6 Å². The molecule has 2 aromatic rings. The van der Waals surface area contributed by atoms with Crippen molar-refractivity contribution >= 4 is 0 Å². The summed E-state index contributed by atoms with van der Waals surface area (Å²) in [5.41, 5.74) is 0. The van der Waals surface area contributed by atoms with Gasteiger partial charge in [0.15, 0.2) is 11.6 Å². The molecule has 0 aliphatic rings. The molecular formula is C12H17N3O. The second-order valence-electron chi connectivity index (χ2n) is 4.16. The second-order valence-corrected chi connectivity index (χ2v) is 4.16. The first-order chi connectivity index (χ1) is 7.66. The van der Waals surface area contributed by atoms with Gasteiger partial charge >= 0.3 is 0 Å². The minimum Gasteiger partial charge on any atom is -0.456 e. The number of aromatic nitrogens is 2. The molecule has 0 unspecified atom stereocenters. The molecule has 16 heavy (non-hydrogen) atoms. The lowest BCUT2D eigenvalue weighted by atomic mass is 10.3. The predicted molar refractivity (Wildman–Crippen MR) is 62.9 cm³/mol. The Hall–Kier alpha value is -1.55. The molecule has 4 nitrogen and oxygen atoms in total. The van der Waals surface area contributed by atoms with Gasteiger partial charge in [-0.3, -0.25) is 0 Å². The molecule has 0 saturated heterocycles. The van der Waals surface area contributed by atoms with Crippen LogP contribution in [0.5, 0.6) is 0 Å². The lowest BCUT2D eigenvalue weighted by Gasteiger charge is -2.04. The van der Waals surface area contributed by atoms with Crippen LogP contribution in [0.15, 0.2) is 28.9 Å². The molecule has 0 amide bonds. The number of furan rings is 1. The first kappa shape index (κ1) is 11.0. The third kappa shape index (κ3) is 2.33. The maximum absolute atomic E-state index is 5.71. The van der Waals surface area contributed by atoms with E-state index in [1.165, 1.54) is 0 Å². The maximum atomic E-state index is 5.71. The van der Waals surface area contributed by atoms with Gasteiger partial charge in [-0.05, 0) is 12.1 Å². The van der Waals surface area contributed by atoms with Crippen LogP contribution >= 0.6 is 0 Å². The molecule has 2 rings (SSSR count). The molecule has 0 saturated carbocycles. The van der Waals surface area contributed by atoms with Gasteiger partial charge in [-0.25, -0.2) is 4.98 Å². The Morgan fingerprint density at radius 2 is 2.25 bits per heavy atom. The number of nitrogens with zero attached hydrogens (tertiary/aromatic N) is 2. The minimum atomic E-state index is 0.460. The van der Waals surface area contributed by atoms with Gasteiger partial charge in [-0.2, -0.15) is 0 Å². The number of rotatable bonds is 4. The molecule has 0 radical (unpaired) electrons. The normalized spacial score (nSPS) is 11.2. The Morgan fingerprint density at radius 3 is 2.88 bits per heavy atom. The summed E-state index contributed by atoms with van der Waals surface area (Å²) in [4.78, 5) is 4.24. The van der Waals surface area contributed by atoms with E-state index in [0.717, 1.165) is 23.9 Å². The van der Waals surface area contributed by atoms with Gasteiger partial charge in [0, 0.05) is 25.5 Å². The van der Waals surface area contributed by atoms with Crippen molar-refractivity contribution in [3.05, 3.63) is 30.3 Å². The molecule has 86 valence electrons. The molecular weight excluding hydrogens is 202 g/mol. The topological polar surface area (TPSA) is 43.0 Å². The van der Waals surface area contributed by atoms with Gasteiger partial charge in [0.1, 0.15) is 5.76 Å². The Morgan fingerprint density at radius 1 is 1.44 bits per heavy atom. The highest BCUT2D eigenvalue weighted by Gasteiger charge is 2.08. The quantitative estimate of drug-likeness (QED) is 0.857. The molecule has 0 bridgehead atoms. The largest absolute Gasteiger partial charge is 0.456 e. The third-order valence-electron chi connectivity index (χ3n) is 2.39. The predicted octanol–water partition coefficient (Wildman–Crippen LogP) is 2.18. The molecule has 0 aliphatic carbocycles. The van der Waals surface area contributed by atoms with Gasteiger partial charge in [0.05, 0.1) is 6.54 Å². The fourth-order valence-corrected chi connectivity index (χ4v) is 1.50. The van der Waals surface area contributed by atoms with Crippen molar-refractivity contribution in [2.75, 3.05) is 0 Å². The monoisotopic (exact) mass is 219 g/mol. The molecule has 4 heteroatoms. The van der Waals surface area contributed by atoms with E-state index in [1.807, 2.05) is 29.9 Å². The summed E-state index contributed by atoms with van der Waals surface area (Å²) in [6.07, 6.45) is 3.67. The van der Waals surface area contributed by atoms with Crippen LogP contribution in [0.2, 0.25) is 0 Å². The van der Waals surface area contributed by atoms with Gasteiger partial charge in [0.25, 0.3) is 0 Å². The molecule has 0 aliphatic heterocycles. The van der Waals surface area contributed by atoms with E-state index in [9.17, 15) is 0 Å². The number of hydrogen-bond donors (Lipinski definition) is 1. The third-order valence-corrected chi connectivity index (χ3v) is 2.39. The fraction of sp³-hybridized carbons (Fsp3) is 0.417. The van der Waals surface area contributed by atoms with Crippen LogP contribution in [0.1, 0.15) is 19.6 Å². The van der Waals surface area contributed by atoms with E-state index in [1.54, 1.807) is 6.20 Å². The minimum absolute atomic E-state index is 0.460. The summed E-state index contributed by atoms with van der Waals surface area (Å²) in [6, 6.07) is 4.40. The standard InChI is InChI=1S/C12H17N3O/c1-9(2)14-8-10-4-5-11(16-10)12-13-6-7-15(12)3/h4-7,9,14H,8H2,1-3H3. The molecule has 0 fully saturated rings. The van der Waals surface area contributed by atoms with Gasteiger partial charge in [-0.15, -0.1) is 0 Å². The zero-order valence-electron chi connectivity index (χ0n) is 9.90. The summed E-state index contributed by atoms with van der Waals surface area (Å²) >= 11 is 0. The Bertz CT molecular complexity index is 456. The summed E-state index contributed by atoms with van der Waals surface area (Å²) < 4.78 is 7.66. The van der Waals surface area contributed by atoms with Crippen LogP contribution in [0.25, 0.3) is 11.6 Å². The van der Waals surface area contributed by atoms with E-state index in [0.29, 0.717) is 6.04 Å². The molecule has 0 aromatic carbocycles. The average Bonchev–Trinajstić information content (AvgIpc) is 2.83. The van der Waals surface area contributed by atoms with E-state index in [4.69, 9.17) is 4.42 Å². The zero-order chi connectivity index (χ0) is 11.5. The molecule has 0 spiro atoms. The summed E-state index contributed by atoms with van der Waals surface area (Å²) in [6.45, 7) is 4.98. The van der Waals surface area contributed by atoms with E-state index in [-0.39, 0.29) is 0 Å². The van der Waals surface area contributed by atoms with Crippen molar-refractivity contribution < 1.29 is 4.42 Å². The summed E-state index contributed by atoms with van der Waals surface area (Å²) in [5, 5.41) is 3.31. The Balaban J connectivity index is 2.11. The van der Waals surface area contributed by atoms with Crippen LogP contribution in [0.4, 0.5) is 0 Å². The zero-order valence-corrected chi connectivity index (χ0v) is 9.90. The van der Waals surface area contributed by atoms with Crippen molar-refractivity contribution in [1.82, 2.24) is 14.9 Å². The molecule has 2 heterocycles. The Labute approximate surface area is 95.3 Å². The number of imidazole rings is 1. The van der Waals surface area contributed by atoms with Crippen LogP contribution < -0.4 is 5.32 Å². The molecule has 2 aromatic heterocycles. The first-order valence-corrected chi connectivity index (χ1v) is 5.46. The van der Waals surface area contributed by atoms with Crippen molar-refractivity contribution in [2.24, 2.45) is 7.05 Å².